The van der Waals surface area contributed by atoms with E-state index in [0.29, 0.717) is 23.2 Å². The van der Waals surface area contributed by atoms with Gasteiger partial charge in [0, 0.05) is 17.5 Å². The standard InChI is InChI=1S/C35H24N2O4/c38-35(39)32-34(40-21-28-26-17-9-7-15-24(26)20-25-16-8-10-18-27(25)28)33-30(29(36-32)19-22-11-3-1-4-12-22)31(37-41-33)23-13-5-2-6-14-23/h1-18,20H,19,21H2,(H,38,39). The summed E-state index contributed by atoms with van der Waals surface area (Å²) in [7, 11) is 0. The van der Waals surface area contributed by atoms with Gasteiger partial charge in [0.25, 0.3) is 0 Å². The summed E-state index contributed by atoms with van der Waals surface area (Å²) in [5.74, 6) is -1.13. The number of hydrogen-bond acceptors (Lipinski definition) is 5. The van der Waals surface area contributed by atoms with Crippen molar-refractivity contribution in [1.29, 1.82) is 0 Å². The Labute approximate surface area is 235 Å². The fourth-order valence-electron chi connectivity index (χ4n) is 5.46. The van der Waals surface area contributed by atoms with Gasteiger partial charge in [0.1, 0.15) is 12.3 Å². The Morgan fingerprint density at radius 2 is 1.39 bits per heavy atom. The highest BCUT2D eigenvalue weighted by Crippen LogP contribution is 2.39. The third-order valence-corrected chi connectivity index (χ3v) is 7.36. The summed E-state index contributed by atoms with van der Waals surface area (Å²) >= 11 is 0. The summed E-state index contributed by atoms with van der Waals surface area (Å²) in [6.45, 7) is 0.123. The largest absolute Gasteiger partial charge is 0.482 e. The normalized spacial score (nSPS) is 11.3. The van der Waals surface area contributed by atoms with E-state index in [1.54, 1.807) is 0 Å². The molecular formula is C35H24N2O4. The van der Waals surface area contributed by atoms with E-state index >= 15 is 0 Å². The molecule has 0 fully saturated rings. The number of aromatic nitrogens is 2. The molecule has 5 aromatic carbocycles. The molecule has 0 saturated heterocycles. The van der Waals surface area contributed by atoms with Gasteiger partial charge in [-0.3, -0.25) is 0 Å². The molecule has 0 spiro atoms. The topological polar surface area (TPSA) is 85.5 Å². The fraction of sp³-hybridized carbons (Fsp3) is 0.0571. The molecule has 0 atom stereocenters. The van der Waals surface area contributed by atoms with Crippen molar-refractivity contribution in [3.8, 4) is 17.0 Å². The fourth-order valence-corrected chi connectivity index (χ4v) is 5.46. The molecule has 0 saturated carbocycles. The number of hydrogen-bond donors (Lipinski definition) is 1. The van der Waals surface area contributed by atoms with Crippen LogP contribution < -0.4 is 4.74 Å². The van der Waals surface area contributed by atoms with Gasteiger partial charge >= 0.3 is 5.97 Å². The predicted molar refractivity (Wildman–Crippen MR) is 159 cm³/mol. The number of aromatic carboxylic acids is 1. The molecule has 2 aromatic heterocycles. The van der Waals surface area contributed by atoms with Gasteiger partial charge in [0.2, 0.25) is 5.58 Å². The van der Waals surface area contributed by atoms with Gasteiger partial charge in [-0.25, -0.2) is 9.78 Å². The number of ether oxygens (including phenoxy) is 1. The van der Waals surface area contributed by atoms with E-state index in [9.17, 15) is 9.90 Å². The van der Waals surface area contributed by atoms with Gasteiger partial charge in [0.05, 0.1) is 11.1 Å². The molecule has 0 amide bonds. The van der Waals surface area contributed by atoms with Crippen LogP contribution in [-0.2, 0) is 13.0 Å². The Morgan fingerprint density at radius 3 is 2.05 bits per heavy atom. The summed E-state index contributed by atoms with van der Waals surface area (Å²) in [6.07, 6.45) is 0.410. The summed E-state index contributed by atoms with van der Waals surface area (Å²) in [5, 5.41) is 19.5. The molecule has 0 radical (unpaired) electrons. The van der Waals surface area contributed by atoms with E-state index in [0.717, 1.165) is 38.2 Å². The lowest BCUT2D eigenvalue weighted by Crippen LogP contribution is -2.10. The minimum Gasteiger partial charge on any atom is -0.482 e. The molecule has 2 heterocycles. The summed E-state index contributed by atoms with van der Waals surface area (Å²) in [6, 6.07) is 37.8. The van der Waals surface area contributed by atoms with Crippen LogP contribution in [0.4, 0.5) is 0 Å². The van der Waals surface area contributed by atoms with Gasteiger partial charge in [-0.1, -0.05) is 114 Å². The van der Waals surface area contributed by atoms with Gasteiger partial charge in [-0.15, -0.1) is 0 Å². The number of nitrogens with zero attached hydrogens (tertiary/aromatic N) is 2. The van der Waals surface area contributed by atoms with Crippen molar-refractivity contribution in [2.24, 2.45) is 0 Å². The van der Waals surface area contributed by atoms with Crippen molar-refractivity contribution in [2.45, 2.75) is 13.0 Å². The molecule has 7 aromatic rings. The van der Waals surface area contributed by atoms with Gasteiger partial charge in [0.15, 0.2) is 11.4 Å². The molecule has 0 unspecified atom stereocenters. The number of carboxylic acids is 1. The Balaban J connectivity index is 1.42. The average molecular weight is 537 g/mol. The second-order valence-electron chi connectivity index (χ2n) is 9.89. The lowest BCUT2D eigenvalue weighted by atomic mass is 9.97. The van der Waals surface area contributed by atoms with Crippen molar-refractivity contribution in [1.82, 2.24) is 10.1 Å². The smallest absolute Gasteiger partial charge is 0.358 e. The molecule has 6 heteroatoms. The maximum absolute atomic E-state index is 12.6. The highest BCUT2D eigenvalue weighted by molar-refractivity contribution is 6.03. The van der Waals surface area contributed by atoms with Crippen LogP contribution in [0.15, 0.2) is 120 Å². The molecule has 0 bridgehead atoms. The SMILES string of the molecule is O=C(O)c1nc(Cc2ccccc2)c2c(-c3ccccc3)noc2c1OCc1c2ccccc2cc2ccccc12. The molecule has 6 nitrogen and oxygen atoms in total. The molecule has 7 rings (SSSR count). The zero-order valence-electron chi connectivity index (χ0n) is 22.0. The average Bonchev–Trinajstić information content (AvgIpc) is 3.46. The summed E-state index contributed by atoms with van der Waals surface area (Å²) in [4.78, 5) is 17.2. The number of pyridine rings is 1. The van der Waals surface area contributed by atoms with E-state index in [4.69, 9.17) is 9.26 Å². The Kier molecular flexibility index (Phi) is 6.13. The van der Waals surface area contributed by atoms with Crippen molar-refractivity contribution in [3.63, 3.8) is 0 Å². The third kappa shape index (κ3) is 4.45. The minimum absolute atomic E-state index is 0.0657. The highest BCUT2D eigenvalue weighted by atomic mass is 16.5. The Morgan fingerprint density at radius 1 is 0.780 bits per heavy atom. The van der Waals surface area contributed by atoms with E-state index in [1.807, 2.05) is 84.9 Å². The van der Waals surface area contributed by atoms with Crippen molar-refractivity contribution >= 4 is 38.5 Å². The molecule has 198 valence electrons. The van der Waals surface area contributed by atoms with Crippen LogP contribution in [0.5, 0.6) is 5.75 Å². The maximum Gasteiger partial charge on any atom is 0.358 e. The first-order valence-electron chi connectivity index (χ1n) is 13.3. The number of benzene rings is 5. The van der Waals surface area contributed by atoms with Crippen LogP contribution in [0.1, 0.15) is 27.3 Å². The van der Waals surface area contributed by atoms with Crippen molar-refractivity contribution in [3.05, 3.63) is 138 Å². The maximum atomic E-state index is 12.6. The van der Waals surface area contributed by atoms with Gasteiger partial charge in [-0.2, -0.15) is 0 Å². The van der Waals surface area contributed by atoms with E-state index < -0.39 is 5.97 Å². The zero-order chi connectivity index (χ0) is 27.8. The van der Waals surface area contributed by atoms with E-state index in [-0.39, 0.29) is 23.6 Å². The first-order valence-corrected chi connectivity index (χ1v) is 13.3. The van der Waals surface area contributed by atoms with E-state index in [1.165, 1.54) is 0 Å². The monoisotopic (exact) mass is 536 g/mol. The van der Waals surface area contributed by atoms with Crippen molar-refractivity contribution in [2.75, 3.05) is 0 Å². The molecule has 0 aliphatic heterocycles. The molecular weight excluding hydrogens is 512 g/mol. The molecule has 0 aliphatic carbocycles. The number of carbonyl (C=O) groups is 1. The Bertz CT molecular complexity index is 2000. The van der Waals surface area contributed by atoms with Gasteiger partial charge < -0.3 is 14.4 Å². The number of fused-ring (bicyclic) bond motifs is 3. The second-order valence-corrected chi connectivity index (χ2v) is 9.89. The van der Waals surface area contributed by atoms with Crippen LogP contribution in [0, 0.1) is 0 Å². The lowest BCUT2D eigenvalue weighted by molar-refractivity contribution is 0.0684. The quantitative estimate of drug-likeness (QED) is 0.207. The molecule has 1 N–H and O–H groups in total. The first-order chi connectivity index (χ1) is 20.2. The number of rotatable bonds is 7. The number of carboxylic acid groups (broad SMARTS) is 1. The third-order valence-electron chi connectivity index (χ3n) is 7.36. The predicted octanol–water partition coefficient (Wildman–Crippen LogP) is 8.06. The lowest BCUT2D eigenvalue weighted by Gasteiger charge is -2.15. The second kappa shape index (κ2) is 10.2. The first kappa shape index (κ1) is 24.5. The van der Waals surface area contributed by atoms with Crippen LogP contribution >= 0.6 is 0 Å². The van der Waals surface area contributed by atoms with Gasteiger partial charge in [-0.05, 0) is 33.2 Å². The highest BCUT2D eigenvalue weighted by Gasteiger charge is 2.27. The van der Waals surface area contributed by atoms with Crippen LogP contribution in [-0.4, -0.2) is 21.2 Å². The van der Waals surface area contributed by atoms with Crippen LogP contribution in [0.25, 0.3) is 43.8 Å². The molecule has 41 heavy (non-hydrogen) atoms. The van der Waals surface area contributed by atoms with E-state index in [2.05, 4.69) is 40.5 Å². The summed E-state index contributed by atoms with van der Waals surface area (Å²) < 4.78 is 12.3. The molecule has 0 aliphatic rings. The van der Waals surface area contributed by atoms with Crippen molar-refractivity contribution < 1.29 is 19.2 Å². The minimum atomic E-state index is -1.20. The summed E-state index contributed by atoms with van der Waals surface area (Å²) in [5.41, 5.74) is 4.02. The van der Waals surface area contributed by atoms with Crippen LogP contribution in [0.2, 0.25) is 0 Å². The Hall–Kier alpha value is -5.49. The van der Waals surface area contributed by atoms with Crippen LogP contribution in [0.3, 0.4) is 0 Å². The zero-order valence-corrected chi connectivity index (χ0v) is 22.0.